The molecule has 1 aromatic rings. The molecule has 1 aromatic carbocycles. The van der Waals surface area contributed by atoms with Crippen LogP contribution in [0.1, 0.15) is 24.2 Å². The Morgan fingerprint density at radius 3 is 2.86 bits per heavy atom. The van der Waals surface area contributed by atoms with Crippen LogP contribution in [0.5, 0.6) is 5.75 Å². The van der Waals surface area contributed by atoms with E-state index in [-0.39, 0.29) is 17.6 Å². The Labute approximate surface area is 123 Å². The number of carbonyl (C=O) groups is 1. The number of halogens is 1. The van der Waals surface area contributed by atoms with Crippen LogP contribution in [0.2, 0.25) is 0 Å². The van der Waals surface area contributed by atoms with Crippen molar-refractivity contribution >= 4 is 5.91 Å². The van der Waals surface area contributed by atoms with Gasteiger partial charge in [-0.3, -0.25) is 4.79 Å². The predicted molar refractivity (Wildman–Crippen MR) is 76.9 cm³/mol. The highest BCUT2D eigenvalue weighted by Crippen LogP contribution is 2.24. The summed E-state index contributed by atoms with van der Waals surface area (Å²) in [5, 5.41) is 0. The van der Waals surface area contributed by atoms with E-state index < -0.39 is 11.4 Å². The van der Waals surface area contributed by atoms with E-state index in [0.717, 1.165) is 0 Å². The second-order valence-electron chi connectivity index (χ2n) is 5.77. The molecular formula is C15H21FN2O3. The van der Waals surface area contributed by atoms with Gasteiger partial charge in [0.25, 0.3) is 5.91 Å². The Balaban J connectivity index is 2.22. The van der Waals surface area contributed by atoms with Gasteiger partial charge in [0, 0.05) is 25.7 Å². The molecule has 1 aliphatic heterocycles. The fourth-order valence-corrected chi connectivity index (χ4v) is 2.54. The Hall–Kier alpha value is -1.66. The molecule has 6 heteroatoms. The third-order valence-corrected chi connectivity index (χ3v) is 3.44. The molecule has 1 saturated heterocycles. The Morgan fingerprint density at radius 2 is 2.29 bits per heavy atom. The third-order valence-electron chi connectivity index (χ3n) is 3.44. The Kier molecular flexibility index (Phi) is 4.49. The highest BCUT2D eigenvalue weighted by molar-refractivity contribution is 5.94. The molecule has 5 nitrogen and oxygen atoms in total. The van der Waals surface area contributed by atoms with Crippen molar-refractivity contribution in [2.45, 2.75) is 25.6 Å². The Morgan fingerprint density at radius 1 is 1.57 bits per heavy atom. The van der Waals surface area contributed by atoms with Crippen molar-refractivity contribution in [3.05, 3.63) is 29.6 Å². The minimum absolute atomic E-state index is 0.0317. The van der Waals surface area contributed by atoms with Crippen LogP contribution in [0.4, 0.5) is 4.39 Å². The highest BCUT2D eigenvalue weighted by Gasteiger charge is 2.35. The number of carbonyl (C=O) groups excluding carboxylic acids is 1. The number of ether oxygens (including phenoxy) is 2. The molecule has 0 spiro atoms. The summed E-state index contributed by atoms with van der Waals surface area (Å²) in [6, 6.07) is 4.22. The maximum atomic E-state index is 14.0. The van der Waals surface area contributed by atoms with Gasteiger partial charge >= 0.3 is 0 Å². The fourth-order valence-electron chi connectivity index (χ4n) is 2.54. The predicted octanol–water partition coefficient (Wildman–Crippen LogP) is 1.41. The van der Waals surface area contributed by atoms with Crippen LogP contribution in [0, 0.1) is 5.82 Å². The van der Waals surface area contributed by atoms with Crippen molar-refractivity contribution in [1.82, 2.24) is 4.90 Å². The zero-order valence-corrected chi connectivity index (χ0v) is 12.6. The van der Waals surface area contributed by atoms with E-state index in [9.17, 15) is 9.18 Å². The van der Waals surface area contributed by atoms with Gasteiger partial charge in [-0.05, 0) is 26.0 Å². The average molecular weight is 296 g/mol. The SMILES string of the molecule is COc1ccc(C(=O)N2CC(CN)OC(C)(C)C2)c(F)c1. The van der Waals surface area contributed by atoms with Gasteiger partial charge in [0.2, 0.25) is 0 Å². The van der Waals surface area contributed by atoms with E-state index in [1.165, 1.54) is 19.2 Å². The lowest BCUT2D eigenvalue weighted by molar-refractivity contribution is -0.122. The van der Waals surface area contributed by atoms with Crippen molar-refractivity contribution in [3.63, 3.8) is 0 Å². The van der Waals surface area contributed by atoms with E-state index in [2.05, 4.69) is 0 Å². The summed E-state index contributed by atoms with van der Waals surface area (Å²) in [6.07, 6.45) is -0.237. The molecule has 1 amide bonds. The molecule has 1 aliphatic rings. The molecular weight excluding hydrogens is 275 g/mol. The number of morpholine rings is 1. The van der Waals surface area contributed by atoms with Gasteiger partial charge in [0.05, 0.1) is 24.4 Å². The summed E-state index contributed by atoms with van der Waals surface area (Å²) in [4.78, 5) is 14.1. The van der Waals surface area contributed by atoms with Crippen LogP contribution in [0.15, 0.2) is 18.2 Å². The molecule has 1 fully saturated rings. The van der Waals surface area contributed by atoms with Crippen molar-refractivity contribution in [1.29, 1.82) is 0 Å². The summed E-state index contributed by atoms with van der Waals surface area (Å²) in [5.41, 5.74) is 5.17. The first-order valence-electron chi connectivity index (χ1n) is 6.87. The molecule has 2 N–H and O–H groups in total. The van der Waals surface area contributed by atoms with Crippen molar-refractivity contribution < 1.29 is 18.7 Å². The van der Waals surface area contributed by atoms with Gasteiger partial charge in [-0.25, -0.2) is 4.39 Å². The van der Waals surface area contributed by atoms with Crippen molar-refractivity contribution in [3.8, 4) is 5.75 Å². The Bertz CT molecular complexity index is 534. The molecule has 0 bridgehead atoms. The van der Waals surface area contributed by atoms with E-state index in [1.54, 1.807) is 11.0 Å². The number of hydrogen-bond acceptors (Lipinski definition) is 4. The number of methoxy groups -OCH3 is 1. The van der Waals surface area contributed by atoms with Crippen molar-refractivity contribution in [2.75, 3.05) is 26.7 Å². The molecule has 0 saturated carbocycles. The summed E-state index contributed by atoms with van der Waals surface area (Å²) < 4.78 is 24.7. The number of amides is 1. The summed E-state index contributed by atoms with van der Waals surface area (Å²) in [6.45, 7) is 4.86. The third kappa shape index (κ3) is 3.51. The molecule has 116 valence electrons. The van der Waals surface area contributed by atoms with Gasteiger partial charge in [0.15, 0.2) is 0 Å². The lowest BCUT2D eigenvalue weighted by atomic mass is 10.0. The monoisotopic (exact) mass is 296 g/mol. The minimum Gasteiger partial charge on any atom is -0.497 e. The summed E-state index contributed by atoms with van der Waals surface area (Å²) in [5.74, 6) is -0.566. The van der Waals surface area contributed by atoms with Gasteiger partial charge in [0.1, 0.15) is 11.6 Å². The lowest BCUT2D eigenvalue weighted by Crippen LogP contribution is -2.56. The molecule has 1 atom stereocenters. The maximum Gasteiger partial charge on any atom is 0.257 e. The van der Waals surface area contributed by atoms with Crippen LogP contribution in [0.25, 0.3) is 0 Å². The first-order valence-corrected chi connectivity index (χ1v) is 6.87. The maximum absolute atomic E-state index is 14.0. The lowest BCUT2D eigenvalue weighted by Gasteiger charge is -2.42. The summed E-state index contributed by atoms with van der Waals surface area (Å²) >= 11 is 0. The average Bonchev–Trinajstić information content (AvgIpc) is 2.44. The van der Waals surface area contributed by atoms with E-state index in [0.29, 0.717) is 25.4 Å². The molecule has 0 aliphatic carbocycles. The second-order valence-corrected chi connectivity index (χ2v) is 5.77. The van der Waals surface area contributed by atoms with Gasteiger partial charge < -0.3 is 20.1 Å². The summed E-state index contributed by atoms with van der Waals surface area (Å²) in [7, 11) is 1.45. The van der Waals surface area contributed by atoms with Crippen LogP contribution < -0.4 is 10.5 Å². The molecule has 0 aromatic heterocycles. The van der Waals surface area contributed by atoms with Crippen LogP contribution in [-0.4, -0.2) is 49.3 Å². The minimum atomic E-state index is -0.590. The zero-order valence-electron chi connectivity index (χ0n) is 12.6. The molecule has 2 rings (SSSR count). The molecule has 0 radical (unpaired) electrons. The molecule has 21 heavy (non-hydrogen) atoms. The number of nitrogens with zero attached hydrogens (tertiary/aromatic N) is 1. The normalized spacial score (nSPS) is 21.2. The number of benzene rings is 1. The second kappa shape index (κ2) is 5.99. The van der Waals surface area contributed by atoms with E-state index in [4.69, 9.17) is 15.2 Å². The van der Waals surface area contributed by atoms with Crippen LogP contribution in [0.3, 0.4) is 0 Å². The van der Waals surface area contributed by atoms with E-state index >= 15 is 0 Å². The fraction of sp³-hybridized carbons (Fsp3) is 0.533. The largest absolute Gasteiger partial charge is 0.497 e. The molecule has 1 unspecified atom stereocenters. The number of nitrogens with two attached hydrogens (primary N) is 1. The van der Waals surface area contributed by atoms with Gasteiger partial charge in [-0.2, -0.15) is 0 Å². The van der Waals surface area contributed by atoms with E-state index in [1.807, 2.05) is 13.8 Å². The van der Waals surface area contributed by atoms with Crippen LogP contribution >= 0.6 is 0 Å². The first kappa shape index (κ1) is 15.7. The van der Waals surface area contributed by atoms with Gasteiger partial charge in [-0.1, -0.05) is 0 Å². The standard InChI is InChI=1S/C15H21FN2O3/c1-15(2)9-18(8-11(7-17)21-15)14(19)12-5-4-10(20-3)6-13(12)16/h4-6,11H,7-9,17H2,1-3H3. The topological polar surface area (TPSA) is 64.8 Å². The van der Waals surface area contributed by atoms with Crippen molar-refractivity contribution in [2.24, 2.45) is 5.73 Å². The smallest absolute Gasteiger partial charge is 0.257 e. The first-order chi connectivity index (χ1) is 9.86. The highest BCUT2D eigenvalue weighted by atomic mass is 19.1. The molecule has 1 heterocycles. The van der Waals surface area contributed by atoms with Crippen LogP contribution in [-0.2, 0) is 4.74 Å². The zero-order chi connectivity index (χ0) is 15.6. The quantitative estimate of drug-likeness (QED) is 0.916. The number of hydrogen-bond donors (Lipinski definition) is 1. The van der Waals surface area contributed by atoms with Gasteiger partial charge in [-0.15, -0.1) is 0 Å². The number of rotatable bonds is 3.